The second-order valence-corrected chi connectivity index (χ2v) is 13.3. The number of nitrogens with zero attached hydrogens (tertiary/aromatic N) is 2. The average Bonchev–Trinajstić information content (AvgIpc) is 3.14. The second kappa shape index (κ2) is 16.0. The van der Waals surface area contributed by atoms with Crippen molar-refractivity contribution < 1.29 is 24.2 Å². The first-order valence-electron chi connectivity index (χ1n) is 17.3. The number of hydrogen-bond acceptors (Lipinski definition) is 7. The Kier molecular flexibility index (Phi) is 11.0. The highest BCUT2D eigenvalue weighted by Crippen LogP contribution is 2.35. The molecule has 52 heavy (non-hydrogen) atoms. The molecule has 1 heterocycles. The number of nitrogens with two attached hydrogens (primary N) is 1. The van der Waals surface area contributed by atoms with Gasteiger partial charge in [-0.05, 0) is 67.4 Å². The molecule has 0 radical (unpaired) electrons. The van der Waals surface area contributed by atoms with E-state index in [4.69, 9.17) is 10.5 Å². The van der Waals surface area contributed by atoms with Gasteiger partial charge in [0.1, 0.15) is 6.10 Å². The third-order valence-corrected chi connectivity index (χ3v) is 9.35. The predicted molar refractivity (Wildman–Crippen MR) is 206 cm³/mol. The largest absolute Gasteiger partial charge is 0.486 e. The van der Waals surface area contributed by atoms with Gasteiger partial charge in [-0.15, -0.1) is 0 Å². The molecule has 0 bridgehead atoms. The van der Waals surface area contributed by atoms with E-state index in [1.165, 1.54) is 0 Å². The first-order valence-corrected chi connectivity index (χ1v) is 17.3. The number of amides is 4. The highest BCUT2D eigenvalue weighted by atomic mass is 16.5. The number of hydrogen-bond donors (Lipinski definition) is 5. The average molecular weight is 701 g/mol. The van der Waals surface area contributed by atoms with Crippen LogP contribution in [0.25, 0.3) is 10.8 Å². The van der Waals surface area contributed by atoms with Gasteiger partial charge in [-0.1, -0.05) is 73.7 Å². The topological polar surface area (TPSA) is 149 Å². The number of rotatable bonds is 10. The summed E-state index contributed by atoms with van der Waals surface area (Å²) in [6.45, 7) is 5.05. The lowest BCUT2D eigenvalue weighted by Gasteiger charge is -2.38. The molecule has 4 amide bonds. The maximum Gasteiger partial charge on any atom is 0.323 e. The van der Waals surface area contributed by atoms with Gasteiger partial charge in [0, 0.05) is 36.5 Å². The Bertz CT molecular complexity index is 2060. The maximum absolute atomic E-state index is 13.9. The van der Waals surface area contributed by atoms with Crippen molar-refractivity contribution in [1.29, 1.82) is 0 Å². The van der Waals surface area contributed by atoms with E-state index < -0.39 is 18.2 Å². The number of aliphatic hydroxyl groups excluding tert-OH is 1. The SMILES string of the molecule is C[C@H]1CN([C@@H](C)CO)C(=O)c2cccc(NC(=O)Nc3cccc4ccccc34)c2O[C@H]1CN(C)Cc1ccc(C(=O)Nc2ccccc2N)cc1. The number of anilines is 4. The summed E-state index contributed by atoms with van der Waals surface area (Å²) in [5.41, 5.74) is 9.85. The first-order chi connectivity index (χ1) is 25.1. The fourth-order valence-electron chi connectivity index (χ4n) is 6.42. The summed E-state index contributed by atoms with van der Waals surface area (Å²) in [5.74, 6) is -0.398. The van der Waals surface area contributed by atoms with E-state index in [0.29, 0.717) is 53.5 Å². The molecule has 0 aromatic heterocycles. The summed E-state index contributed by atoms with van der Waals surface area (Å²) >= 11 is 0. The lowest BCUT2D eigenvalue weighted by atomic mass is 9.98. The Labute approximate surface area is 303 Å². The van der Waals surface area contributed by atoms with Crippen molar-refractivity contribution in [3.63, 3.8) is 0 Å². The molecule has 268 valence electrons. The molecular weight excluding hydrogens is 656 g/mol. The van der Waals surface area contributed by atoms with Crippen molar-refractivity contribution in [2.24, 2.45) is 5.92 Å². The first kappa shape index (κ1) is 35.9. The molecule has 0 spiro atoms. The van der Waals surface area contributed by atoms with E-state index in [-0.39, 0.29) is 30.1 Å². The Morgan fingerprint density at radius 3 is 2.31 bits per heavy atom. The molecule has 0 aliphatic carbocycles. The number of aliphatic hydroxyl groups is 1. The Balaban J connectivity index is 1.20. The fraction of sp³-hybridized carbons (Fsp3) is 0.244. The fourth-order valence-corrected chi connectivity index (χ4v) is 6.42. The van der Waals surface area contributed by atoms with E-state index in [2.05, 4.69) is 20.9 Å². The lowest BCUT2D eigenvalue weighted by Crippen LogP contribution is -2.49. The second-order valence-electron chi connectivity index (χ2n) is 13.3. The van der Waals surface area contributed by atoms with Gasteiger partial charge < -0.3 is 36.4 Å². The van der Waals surface area contributed by atoms with Crippen LogP contribution in [0.3, 0.4) is 0 Å². The van der Waals surface area contributed by atoms with Crippen molar-refractivity contribution in [3.8, 4) is 5.75 Å². The van der Waals surface area contributed by atoms with Crippen LogP contribution >= 0.6 is 0 Å². The van der Waals surface area contributed by atoms with E-state index in [1.807, 2.05) is 87.6 Å². The molecule has 11 heteroatoms. The Hall–Kier alpha value is -5.91. The van der Waals surface area contributed by atoms with Crippen molar-refractivity contribution in [2.75, 3.05) is 48.4 Å². The van der Waals surface area contributed by atoms with Crippen LogP contribution in [0.4, 0.5) is 27.5 Å². The van der Waals surface area contributed by atoms with Gasteiger partial charge in [0.05, 0.1) is 41.0 Å². The minimum atomic E-state index is -0.477. The van der Waals surface area contributed by atoms with Crippen molar-refractivity contribution in [3.05, 3.63) is 126 Å². The molecule has 3 atom stereocenters. The molecule has 0 fully saturated rings. The number of nitrogen functional groups attached to an aromatic ring is 1. The van der Waals surface area contributed by atoms with E-state index in [9.17, 15) is 19.5 Å². The van der Waals surface area contributed by atoms with Crippen molar-refractivity contribution >= 4 is 51.4 Å². The zero-order valence-electron chi connectivity index (χ0n) is 29.5. The summed E-state index contributed by atoms with van der Waals surface area (Å²) in [4.78, 5) is 44.0. The van der Waals surface area contributed by atoms with Gasteiger partial charge in [0.25, 0.3) is 11.8 Å². The number of carbonyl (C=O) groups is 3. The van der Waals surface area contributed by atoms with Crippen molar-refractivity contribution in [2.45, 2.75) is 32.5 Å². The summed E-state index contributed by atoms with van der Waals surface area (Å²) in [6.07, 6.45) is -0.393. The molecule has 0 saturated carbocycles. The minimum Gasteiger partial charge on any atom is -0.486 e. The van der Waals surface area contributed by atoms with Crippen LogP contribution in [-0.4, -0.2) is 71.6 Å². The molecule has 0 saturated heterocycles. The molecule has 1 aliphatic rings. The number of fused-ring (bicyclic) bond motifs is 2. The molecule has 11 nitrogen and oxygen atoms in total. The van der Waals surface area contributed by atoms with Crippen molar-refractivity contribution in [1.82, 2.24) is 9.80 Å². The van der Waals surface area contributed by atoms with Gasteiger partial charge in [-0.3, -0.25) is 14.5 Å². The van der Waals surface area contributed by atoms with Crippen LogP contribution < -0.4 is 26.4 Å². The third kappa shape index (κ3) is 8.17. The molecule has 0 unspecified atom stereocenters. The van der Waals surface area contributed by atoms with E-state index in [0.717, 1.165) is 16.3 Å². The summed E-state index contributed by atoms with van der Waals surface area (Å²) < 4.78 is 6.70. The number of para-hydroxylation sites is 3. The number of carbonyl (C=O) groups excluding carboxylic acids is 3. The van der Waals surface area contributed by atoms with E-state index in [1.54, 1.807) is 47.4 Å². The molecule has 6 rings (SSSR count). The zero-order valence-corrected chi connectivity index (χ0v) is 29.5. The molecule has 1 aliphatic heterocycles. The minimum absolute atomic E-state index is 0.136. The lowest BCUT2D eigenvalue weighted by molar-refractivity contribution is 0.0343. The highest BCUT2D eigenvalue weighted by Gasteiger charge is 2.34. The van der Waals surface area contributed by atoms with Crippen LogP contribution in [0.1, 0.15) is 40.1 Å². The van der Waals surface area contributed by atoms with Gasteiger partial charge in [-0.2, -0.15) is 0 Å². The molecule has 6 N–H and O–H groups in total. The molecular formula is C41H44N6O5. The summed E-state index contributed by atoms with van der Waals surface area (Å²) in [5, 5.41) is 20.7. The number of urea groups is 1. The van der Waals surface area contributed by atoms with Crippen LogP contribution in [0.15, 0.2) is 109 Å². The van der Waals surface area contributed by atoms with Crippen LogP contribution in [0, 0.1) is 5.92 Å². The normalized spacial score (nSPS) is 16.3. The van der Waals surface area contributed by atoms with Gasteiger partial charge in [-0.25, -0.2) is 4.79 Å². The third-order valence-electron chi connectivity index (χ3n) is 9.35. The van der Waals surface area contributed by atoms with Gasteiger partial charge in [0.2, 0.25) is 0 Å². The predicted octanol–water partition coefficient (Wildman–Crippen LogP) is 6.67. The smallest absolute Gasteiger partial charge is 0.323 e. The summed E-state index contributed by atoms with van der Waals surface area (Å²) in [6, 6.07) is 32.2. The van der Waals surface area contributed by atoms with Crippen LogP contribution in [0.2, 0.25) is 0 Å². The monoisotopic (exact) mass is 700 g/mol. The zero-order chi connectivity index (χ0) is 36.8. The molecule has 5 aromatic rings. The standard InChI is InChI=1S/C41H44N6O5/c1-26-22-47(27(2)25-48)40(50)32-13-9-17-36(45-41(51)44-34-16-8-11-29-10-4-5-12-31(29)34)38(32)52-37(26)24-46(3)23-28-18-20-30(21-19-28)39(49)43-35-15-7-6-14-33(35)42/h4-21,26-27,37,48H,22-25,42H2,1-3H3,(H,43,49)(H2,44,45,51)/t26-,27-,37-/m0/s1. The van der Waals surface area contributed by atoms with Crippen LogP contribution in [0.5, 0.6) is 5.75 Å². The van der Waals surface area contributed by atoms with Crippen LogP contribution in [-0.2, 0) is 6.54 Å². The van der Waals surface area contributed by atoms with E-state index >= 15 is 0 Å². The number of nitrogens with one attached hydrogen (secondary N) is 3. The summed E-state index contributed by atoms with van der Waals surface area (Å²) in [7, 11) is 1.98. The van der Waals surface area contributed by atoms with Gasteiger partial charge in [0.15, 0.2) is 5.75 Å². The number of likely N-dealkylation sites (N-methyl/N-ethyl adjacent to an activating group) is 1. The quantitative estimate of drug-likeness (QED) is 0.102. The highest BCUT2D eigenvalue weighted by molar-refractivity contribution is 6.08. The Morgan fingerprint density at radius 1 is 0.885 bits per heavy atom. The maximum atomic E-state index is 13.9. The number of benzene rings is 5. The van der Waals surface area contributed by atoms with Gasteiger partial charge >= 0.3 is 6.03 Å². The Morgan fingerprint density at radius 2 is 1.54 bits per heavy atom. The molecule has 5 aromatic carbocycles. The number of ether oxygens (including phenoxy) is 1.